The van der Waals surface area contributed by atoms with Crippen molar-refractivity contribution in [3.05, 3.63) is 62.9 Å². The van der Waals surface area contributed by atoms with E-state index in [1.165, 1.54) is 12.1 Å². The molecule has 0 atom stereocenters. The van der Waals surface area contributed by atoms with Crippen LogP contribution in [0.4, 0.5) is 5.88 Å². The summed E-state index contributed by atoms with van der Waals surface area (Å²) >= 11 is 0. The molecule has 0 radical (unpaired) electrons. The van der Waals surface area contributed by atoms with Gasteiger partial charge in [-0.3, -0.25) is 19.7 Å². The zero-order valence-corrected chi connectivity index (χ0v) is 10.8. The molecule has 1 N–H and O–H groups in total. The molecule has 1 aliphatic heterocycles. The molecule has 0 unspecified atom stereocenters. The van der Waals surface area contributed by atoms with Gasteiger partial charge in [0.05, 0.1) is 6.07 Å². The molecule has 21 heavy (non-hydrogen) atoms. The van der Waals surface area contributed by atoms with Gasteiger partial charge in [-0.25, -0.2) is 0 Å². The van der Waals surface area contributed by atoms with Crippen molar-refractivity contribution in [2.24, 2.45) is 0 Å². The first-order valence-corrected chi connectivity index (χ1v) is 6.26. The third-order valence-electron chi connectivity index (χ3n) is 3.29. The lowest BCUT2D eigenvalue weighted by molar-refractivity contribution is -0.402. The van der Waals surface area contributed by atoms with Crippen molar-refractivity contribution in [2.75, 3.05) is 6.54 Å². The Bertz CT molecular complexity index is 762. The van der Waals surface area contributed by atoms with Crippen molar-refractivity contribution >= 4 is 17.6 Å². The van der Waals surface area contributed by atoms with Crippen LogP contribution in [0.25, 0.3) is 0 Å². The molecule has 2 aromatic rings. The molecule has 0 bridgehead atoms. The highest BCUT2D eigenvalue weighted by atomic mass is 16.6. The molecule has 2 heterocycles. The molecular weight excluding hydrogens is 276 g/mol. The van der Waals surface area contributed by atoms with E-state index < -0.39 is 16.6 Å². The molecule has 106 valence electrons. The van der Waals surface area contributed by atoms with E-state index in [1.807, 2.05) is 0 Å². The molecular formula is C14H10N2O5. The van der Waals surface area contributed by atoms with Crippen LogP contribution in [0.3, 0.4) is 0 Å². The van der Waals surface area contributed by atoms with Crippen LogP contribution in [0.1, 0.15) is 32.0 Å². The first-order valence-electron chi connectivity index (χ1n) is 6.26. The number of hydrogen-bond acceptors (Lipinski definition) is 5. The van der Waals surface area contributed by atoms with Crippen molar-refractivity contribution in [3.63, 3.8) is 0 Å². The number of hydrogen-bond donors (Lipinski definition) is 1. The fourth-order valence-corrected chi connectivity index (χ4v) is 2.24. The minimum Gasteiger partial charge on any atom is -0.397 e. The lowest BCUT2D eigenvalue weighted by Gasteiger charge is -2.16. The maximum absolute atomic E-state index is 12.2. The van der Waals surface area contributed by atoms with Gasteiger partial charge >= 0.3 is 5.88 Å². The van der Waals surface area contributed by atoms with Crippen molar-refractivity contribution in [2.45, 2.75) is 6.42 Å². The highest BCUT2D eigenvalue weighted by molar-refractivity contribution is 6.09. The number of fused-ring (bicyclic) bond motifs is 1. The average Bonchev–Trinajstić information content (AvgIpc) is 2.97. The van der Waals surface area contributed by atoms with Gasteiger partial charge in [-0.2, -0.15) is 0 Å². The molecule has 1 aromatic heterocycles. The quantitative estimate of drug-likeness (QED) is 0.525. The normalized spacial score (nSPS) is 13.4. The van der Waals surface area contributed by atoms with Gasteiger partial charge in [0.2, 0.25) is 5.78 Å². The number of amides is 1. The van der Waals surface area contributed by atoms with Gasteiger partial charge in [0.15, 0.2) is 5.76 Å². The standard InChI is InChI=1S/C14H10N2O5/c17-13(11-3-4-12(21-11)16(19)20)9-2-1-8-5-6-15-14(18)10(8)7-9/h1-4,7H,5-6H2,(H,15,18). The molecule has 0 saturated carbocycles. The van der Waals surface area contributed by atoms with Crippen molar-refractivity contribution < 1.29 is 18.9 Å². The number of nitrogens with one attached hydrogen (secondary N) is 1. The Morgan fingerprint density at radius 2 is 2.10 bits per heavy atom. The van der Waals surface area contributed by atoms with E-state index in [0.717, 1.165) is 11.6 Å². The van der Waals surface area contributed by atoms with Gasteiger partial charge in [-0.15, -0.1) is 0 Å². The Morgan fingerprint density at radius 3 is 2.81 bits per heavy atom. The van der Waals surface area contributed by atoms with Crippen LogP contribution in [-0.4, -0.2) is 23.2 Å². The van der Waals surface area contributed by atoms with Crippen molar-refractivity contribution in [3.8, 4) is 0 Å². The molecule has 1 aliphatic rings. The number of ketones is 1. The summed E-state index contributed by atoms with van der Waals surface area (Å²) in [6, 6.07) is 7.17. The van der Waals surface area contributed by atoms with Gasteiger partial charge in [-0.05, 0) is 24.1 Å². The monoisotopic (exact) mass is 286 g/mol. The van der Waals surface area contributed by atoms with Gasteiger partial charge in [0, 0.05) is 17.7 Å². The lowest BCUT2D eigenvalue weighted by Crippen LogP contribution is -2.32. The summed E-state index contributed by atoms with van der Waals surface area (Å²) in [5.41, 5.74) is 1.59. The Balaban J connectivity index is 1.96. The predicted octanol–water partition coefficient (Wildman–Crippen LogP) is 1.70. The molecule has 7 nitrogen and oxygen atoms in total. The SMILES string of the molecule is O=C(c1ccc2c(c1)C(=O)NCC2)c1ccc([N+](=O)[O-])o1. The minimum atomic E-state index is -0.711. The van der Waals surface area contributed by atoms with Crippen LogP contribution in [0, 0.1) is 10.1 Å². The summed E-state index contributed by atoms with van der Waals surface area (Å²) in [7, 11) is 0. The number of furan rings is 1. The Labute approximate surface area is 118 Å². The second-order valence-corrected chi connectivity index (χ2v) is 4.60. The molecule has 0 saturated heterocycles. The van der Waals surface area contributed by atoms with E-state index in [1.54, 1.807) is 12.1 Å². The fraction of sp³-hybridized carbons (Fsp3) is 0.143. The smallest absolute Gasteiger partial charge is 0.397 e. The maximum atomic E-state index is 12.2. The van der Waals surface area contributed by atoms with E-state index in [0.29, 0.717) is 18.5 Å². The number of carbonyl (C=O) groups is 2. The van der Waals surface area contributed by atoms with Crippen LogP contribution in [0.5, 0.6) is 0 Å². The molecule has 7 heteroatoms. The van der Waals surface area contributed by atoms with Crippen LogP contribution in [0.2, 0.25) is 0 Å². The third-order valence-corrected chi connectivity index (χ3v) is 3.29. The Kier molecular flexibility index (Phi) is 3.02. The number of rotatable bonds is 3. The van der Waals surface area contributed by atoms with Gasteiger partial charge in [0.1, 0.15) is 4.92 Å². The van der Waals surface area contributed by atoms with E-state index in [9.17, 15) is 19.7 Å². The largest absolute Gasteiger partial charge is 0.433 e. The zero-order valence-electron chi connectivity index (χ0n) is 10.8. The van der Waals surface area contributed by atoms with Gasteiger partial charge in [0.25, 0.3) is 5.91 Å². The average molecular weight is 286 g/mol. The van der Waals surface area contributed by atoms with Crippen LogP contribution >= 0.6 is 0 Å². The first-order chi connectivity index (χ1) is 10.1. The highest BCUT2D eigenvalue weighted by Crippen LogP contribution is 2.21. The minimum absolute atomic E-state index is 0.127. The van der Waals surface area contributed by atoms with Crippen LogP contribution in [0.15, 0.2) is 34.7 Å². The molecule has 0 aliphatic carbocycles. The molecule has 0 spiro atoms. The van der Waals surface area contributed by atoms with Crippen LogP contribution < -0.4 is 5.32 Å². The summed E-state index contributed by atoms with van der Waals surface area (Å²) in [4.78, 5) is 33.8. The predicted molar refractivity (Wildman–Crippen MR) is 71.3 cm³/mol. The van der Waals surface area contributed by atoms with E-state index in [4.69, 9.17) is 4.42 Å². The van der Waals surface area contributed by atoms with Gasteiger partial charge in [-0.1, -0.05) is 12.1 Å². The summed E-state index contributed by atoms with van der Waals surface area (Å²) in [5.74, 6) is -1.34. The van der Waals surface area contributed by atoms with E-state index >= 15 is 0 Å². The number of nitrogens with zero attached hydrogens (tertiary/aromatic N) is 1. The highest BCUT2D eigenvalue weighted by Gasteiger charge is 2.22. The maximum Gasteiger partial charge on any atom is 0.433 e. The fourth-order valence-electron chi connectivity index (χ4n) is 2.24. The molecule has 3 rings (SSSR count). The van der Waals surface area contributed by atoms with E-state index in [2.05, 4.69) is 5.32 Å². The summed E-state index contributed by atoms with van der Waals surface area (Å²) in [5, 5.41) is 13.3. The summed E-state index contributed by atoms with van der Waals surface area (Å²) in [6.45, 7) is 0.573. The first kappa shape index (κ1) is 13.0. The van der Waals surface area contributed by atoms with Crippen molar-refractivity contribution in [1.29, 1.82) is 0 Å². The topological polar surface area (TPSA) is 102 Å². The second kappa shape index (κ2) is 4.86. The molecule has 1 amide bonds. The third kappa shape index (κ3) is 2.29. The second-order valence-electron chi connectivity index (χ2n) is 4.60. The zero-order chi connectivity index (χ0) is 15.0. The van der Waals surface area contributed by atoms with E-state index in [-0.39, 0.29) is 17.2 Å². The Morgan fingerprint density at radius 1 is 1.29 bits per heavy atom. The Hall–Kier alpha value is -2.96. The molecule has 1 aromatic carbocycles. The number of benzene rings is 1. The number of nitro groups is 1. The van der Waals surface area contributed by atoms with Crippen molar-refractivity contribution in [1.82, 2.24) is 5.32 Å². The lowest BCUT2D eigenvalue weighted by atomic mass is 9.96. The molecule has 0 fully saturated rings. The van der Waals surface area contributed by atoms with Gasteiger partial charge < -0.3 is 9.73 Å². The number of carbonyl (C=O) groups excluding carboxylic acids is 2. The summed E-state index contributed by atoms with van der Waals surface area (Å²) < 4.78 is 4.88. The van der Waals surface area contributed by atoms with Crippen LogP contribution in [-0.2, 0) is 6.42 Å². The summed E-state index contributed by atoms with van der Waals surface area (Å²) in [6.07, 6.45) is 0.710.